The van der Waals surface area contributed by atoms with E-state index in [9.17, 15) is 4.79 Å². The smallest absolute Gasteiger partial charge is 0.148 e. The molecule has 2 aliphatic rings. The fourth-order valence-electron chi connectivity index (χ4n) is 1.99. The molecule has 0 aromatic rings. The molecule has 2 atom stereocenters. The molecular formula is C8H14N2O. The van der Waals surface area contributed by atoms with Crippen molar-refractivity contribution in [3.05, 3.63) is 0 Å². The minimum absolute atomic E-state index is 0.408. The van der Waals surface area contributed by atoms with Crippen LogP contribution in [0.4, 0.5) is 0 Å². The Bertz CT molecular complexity index is 181. The molecular weight excluding hydrogens is 140 g/mol. The van der Waals surface area contributed by atoms with E-state index in [0.717, 1.165) is 19.5 Å². The number of carbonyl (C=O) groups is 1. The van der Waals surface area contributed by atoms with Crippen LogP contribution in [0.2, 0.25) is 0 Å². The lowest BCUT2D eigenvalue weighted by atomic mass is 10.0. The number of hydrogen-bond acceptors (Lipinski definition) is 3. The molecule has 2 aliphatic heterocycles. The summed E-state index contributed by atoms with van der Waals surface area (Å²) in [6, 6.07) is 1.13. The van der Waals surface area contributed by atoms with E-state index in [2.05, 4.69) is 17.1 Å². The van der Waals surface area contributed by atoms with Crippen molar-refractivity contribution in [1.29, 1.82) is 0 Å². The van der Waals surface area contributed by atoms with E-state index in [4.69, 9.17) is 0 Å². The first kappa shape index (κ1) is 7.25. The van der Waals surface area contributed by atoms with Crippen LogP contribution in [0.3, 0.4) is 0 Å². The van der Waals surface area contributed by atoms with Crippen LogP contribution in [-0.4, -0.2) is 36.0 Å². The third-order valence-corrected chi connectivity index (χ3v) is 2.63. The van der Waals surface area contributed by atoms with Crippen molar-refractivity contribution in [3.63, 3.8) is 0 Å². The fourth-order valence-corrected chi connectivity index (χ4v) is 1.99. The van der Waals surface area contributed by atoms with Gasteiger partial charge in [-0.1, -0.05) is 0 Å². The lowest BCUT2D eigenvalue weighted by molar-refractivity contribution is -0.116. The van der Waals surface area contributed by atoms with Gasteiger partial charge < -0.3 is 5.32 Å². The van der Waals surface area contributed by atoms with Crippen molar-refractivity contribution in [2.75, 3.05) is 13.2 Å². The molecule has 0 aliphatic carbocycles. The van der Waals surface area contributed by atoms with Crippen LogP contribution in [0.25, 0.3) is 0 Å². The Hall–Kier alpha value is -0.410. The van der Waals surface area contributed by atoms with E-state index in [0.29, 0.717) is 24.4 Å². The molecule has 1 unspecified atom stereocenters. The van der Waals surface area contributed by atoms with Crippen LogP contribution in [0.15, 0.2) is 0 Å². The Labute approximate surface area is 66.8 Å². The second-order valence-electron chi connectivity index (χ2n) is 3.64. The van der Waals surface area contributed by atoms with Gasteiger partial charge in [-0.3, -0.25) is 9.69 Å². The van der Waals surface area contributed by atoms with Crippen LogP contribution in [0.5, 0.6) is 0 Å². The zero-order valence-electron chi connectivity index (χ0n) is 6.84. The molecule has 0 aromatic heterocycles. The van der Waals surface area contributed by atoms with Gasteiger partial charge in [0.15, 0.2) is 0 Å². The summed E-state index contributed by atoms with van der Waals surface area (Å²) in [5.74, 6) is 0.408. The molecule has 0 saturated carbocycles. The van der Waals surface area contributed by atoms with Crippen molar-refractivity contribution in [2.45, 2.75) is 31.8 Å². The first-order chi connectivity index (χ1) is 5.25. The molecule has 3 heteroatoms. The number of hydrogen-bond donors (Lipinski definition) is 1. The average molecular weight is 154 g/mol. The summed E-state index contributed by atoms with van der Waals surface area (Å²) < 4.78 is 0. The maximum absolute atomic E-state index is 11.0. The van der Waals surface area contributed by atoms with Gasteiger partial charge in [0.25, 0.3) is 0 Å². The average Bonchev–Trinajstić information content (AvgIpc) is 2.27. The predicted octanol–water partition coefficient (Wildman–Crippen LogP) is -0.0309. The van der Waals surface area contributed by atoms with Gasteiger partial charge in [0.1, 0.15) is 5.78 Å². The topological polar surface area (TPSA) is 32.3 Å². The molecule has 0 bridgehead atoms. The molecule has 2 saturated heterocycles. The summed E-state index contributed by atoms with van der Waals surface area (Å²) in [5, 5.41) is 3.35. The highest BCUT2D eigenvalue weighted by Gasteiger charge is 2.33. The highest BCUT2D eigenvalue weighted by Crippen LogP contribution is 2.21. The molecule has 0 spiro atoms. The highest BCUT2D eigenvalue weighted by molar-refractivity contribution is 5.83. The van der Waals surface area contributed by atoms with Gasteiger partial charge in [-0.2, -0.15) is 0 Å². The van der Waals surface area contributed by atoms with E-state index in [1.807, 2.05) is 0 Å². The number of carbonyl (C=O) groups excluding carboxylic acids is 1. The van der Waals surface area contributed by atoms with Crippen molar-refractivity contribution in [2.24, 2.45) is 0 Å². The monoisotopic (exact) mass is 154 g/mol. The molecule has 2 fully saturated rings. The Morgan fingerprint density at radius 2 is 2.45 bits per heavy atom. The minimum atomic E-state index is 0.408. The molecule has 2 heterocycles. The molecule has 3 nitrogen and oxygen atoms in total. The van der Waals surface area contributed by atoms with Gasteiger partial charge >= 0.3 is 0 Å². The van der Waals surface area contributed by atoms with Gasteiger partial charge in [0.05, 0.1) is 6.54 Å². The van der Waals surface area contributed by atoms with Gasteiger partial charge in [-0.05, 0) is 13.3 Å². The third kappa shape index (κ3) is 1.30. The maximum Gasteiger partial charge on any atom is 0.148 e. The largest absolute Gasteiger partial charge is 0.302 e. The van der Waals surface area contributed by atoms with Crippen LogP contribution in [-0.2, 0) is 4.79 Å². The first-order valence-electron chi connectivity index (χ1n) is 4.25. The van der Waals surface area contributed by atoms with Crippen LogP contribution >= 0.6 is 0 Å². The Kier molecular flexibility index (Phi) is 1.69. The van der Waals surface area contributed by atoms with Crippen molar-refractivity contribution in [3.8, 4) is 0 Å². The van der Waals surface area contributed by atoms with E-state index in [1.54, 1.807) is 0 Å². The second kappa shape index (κ2) is 2.57. The van der Waals surface area contributed by atoms with Gasteiger partial charge in [-0.25, -0.2) is 0 Å². The Balaban J connectivity index is 2.02. The number of Topliss-reactive ketones (excluding diaryl/α,β-unsaturated/α-hetero) is 1. The molecule has 2 rings (SSSR count). The van der Waals surface area contributed by atoms with Gasteiger partial charge in [0.2, 0.25) is 0 Å². The molecule has 0 aromatic carbocycles. The third-order valence-electron chi connectivity index (χ3n) is 2.63. The SMILES string of the molecule is C[C@H]1CC2CC(=O)CN2CN1. The number of nitrogens with zero attached hydrogens (tertiary/aromatic N) is 1. The Morgan fingerprint density at radius 3 is 3.27 bits per heavy atom. The molecule has 62 valence electrons. The summed E-state index contributed by atoms with van der Waals surface area (Å²) in [6.45, 7) is 3.75. The zero-order chi connectivity index (χ0) is 7.84. The fraction of sp³-hybridized carbons (Fsp3) is 0.875. The van der Waals surface area contributed by atoms with Crippen molar-refractivity contribution >= 4 is 5.78 Å². The minimum Gasteiger partial charge on any atom is -0.302 e. The molecule has 0 amide bonds. The van der Waals surface area contributed by atoms with E-state index in [1.165, 1.54) is 0 Å². The van der Waals surface area contributed by atoms with Crippen molar-refractivity contribution in [1.82, 2.24) is 10.2 Å². The molecule has 11 heavy (non-hydrogen) atoms. The van der Waals surface area contributed by atoms with Gasteiger partial charge in [0, 0.05) is 25.2 Å². The quantitative estimate of drug-likeness (QED) is 0.532. The predicted molar refractivity (Wildman–Crippen MR) is 42.2 cm³/mol. The van der Waals surface area contributed by atoms with E-state index >= 15 is 0 Å². The van der Waals surface area contributed by atoms with E-state index in [-0.39, 0.29) is 0 Å². The van der Waals surface area contributed by atoms with Crippen LogP contribution in [0.1, 0.15) is 19.8 Å². The lowest BCUT2D eigenvalue weighted by Gasteiger charge is -2.33. The molecule has 0 radical (unpaired) electrons. The number of nitrogens with one attached hydrogen (secondary N) is 1. The standard InChI is InChI=1S/C8H14N2O/c1-6-2-7-3-8(11)4-10(7)5-9-6/h6-7,9H,2-5H2,1H3/t6-,7?/m0/s1. The first-order valence-corrected chi connectivity index (χ1v) is 4.25. The summed E-state index contributed by atoms with van der Waals surface area (Å²) in [6.07, 6.45) is 1.91. The number of rotatable bonds is 0. The normalized spacial score (nSPS) is 39.2. The summed E-state index contributed by atoms with van der Waals surface area (Å²) >= 11 is 0. The molecule has 1 N–H and O–H groups in total. The Morgan fingerprint density at radius 1 is 1.64 bits per heavy atom. The number of fused-ring (bicyclic) bond motifs is 1. The van der Waals surface area contributed by atoms with Crippen LogP contribution < -0.4 is 5.32 Å². The summed E-state index contributed by atoms with van der Waals surface area (Å²) in [5.41, 5.74) is 0. The second-order valence-corrected chi connectivity index (χ2v) is 3.64. The van der Waals surface area contributed by atoms with Crippen LogP contribution in [0, 0.1) is 0 Å². The summed E-state index contributed by atoms with van der Waals surface area (Å²) in [4.78, 5) is 13.3. The van der Waals surface area contributed by atoms with Crippen molar-refractivity contribution < 1.29 is 4.79 Å². The highest BCUT2D eigenvalue weighted by atomic mass is 16.1. The van der Waals surface area contributed by atoms with E-state index < -0.39 is 0 Å². The van der Waals surface area contributed by atoms with Gasteiger partial charge in [-0.15, -0.1) is 0 Å². The maximum atomic E-state index is 11.0. The zero-order valence-corrected chi connectivity index (χ0v) is 6.84. The summed E-state index contributed by atoms with van der Waals surface area (Å²) in [7, 11) is 0. The lowest BCUT2D eigenvalue weighted by Crippen LogP contribution is -2.49. The number of ketones is 1.